The number of anilines is 1. The predicted octanol–water partition coefficient (Wildman–Crippen LogP) is 2.26. The first-order chi connectivity index (χ1) is 8.17. The molecule has 0 spiro atoms. The van der Waals surface area contributed by atoms with Crippen molar-refractivity contribution >= 4 is 27.5 Å². The lowest BCUT2D eigenvalue weighted by molar-refractivity contribution is -0.116. The molecule has 5 heteroatoms. The molecule has 0 unspecified atom stereocenters. The number of halogens is 1. The van der Waals surface area contributed by atoms with Crippen LogP contribution in [0.4, 0.5) is 5.69 Å². The van der Waals surface area contributed by atoms with Crippen molar-refractivity contribution in [2.75, 3.05) is 18.4 Å². The molecule has 1 rings (SSSR count). The zero-order valence-corrected chi connectivity index (χ0v) is 11.2. The third-order valence-electron chi connectivity index (χ3n) is 2.15. The van der Waals surface area contributed by atoms with Crippen LogP contribution in [0, 0.1) is 11.3 Å². The summed E-state index contributed by atoms with van der Waals surface area (Å²) in [6.45, 7) is 3.46. The topological polar surface area (TPSA) is 64.9 Å². The molecular formula is C12H14BrN3O. The van der Waals surface area contributed by atoms with Crippen molar-refractivity contribution in [3.8, 4) is 6.07 Å². The Balaban J connectivity index is 2.64. The van der Waals surface area contributed by atoms with Crippen molar-refractivity contribution in [2.45, 2.75) is 13.3 Å². The molecule has 1 aromatic rings. The number of benzene rings is 1. The Kier molecular flexibility index (Phi) is 5.67. The summed E-state index contributed by atoms with van der Waals surface area (Å²) in [7, 11) is 0. The average Bonchev–Trinajstić information content (AvgIpc) is 2.29. The standard InChI is InChI=1S/C12H14BrN3O/c1-2-15-6-5-12(17)16-11-7-10(13)4-3-9(11)8-14/h3-4,7,15H,2,5-6H2,1H3,(H,16,17). The second-order valence-electron chi connectivity index (χ2n) is 3.45. The predicted molar refractivity (Wildman–Crippen MR) is 70.6 cm³/mol. The summed E-state index contributed by atoms with van der Waals surface area (Å²) in [5, 5.41) is 14.7. The van der Waals surface area contributed by atoms with E-state index in [2.05, 4.69) is 26.6 Å². The molecular weight excluding hydrogens is 282 g/mol. The Labute approximate surface area is 109 Å². The summed E-state index contributed by atoms with van der Waals surface area (Å²) in [5.74, 6) is -0.0967. The number of nitriles is 1. The van der Waals surface area contributed by atoms with Crippen molar-refractivity contribution in [3.63, 3.8) is 0 Å². The first kappa shape index (κ1) is 13.7. The van der Waals surface area contributed by atoms with Crippen molar-refractivity contribution in [1.82, 2.24) is 5.32 Å². The van der Waals surface area contributed by atoms with Crippen LogP contribution in [0.1, 0.15) is 18.9 Å². The average molecular weight is 296 g/mol. The van der Waals surface area contributed by atoms with E-state index < -0.39 is 0 Å². The van der Waals surface area contributed by atoms with Gasteiger partial charge in [-0.2, -0.15) is 5.26 Å². The highest BCUT2D eigenvalue weighted by Gasteiger charge is 2.06. The molecule has 0 saturated carbocycles. The quantitative estimate of drug-likeness (QED) is 0.819. The van der Waals surface area contributed by atoms with E-state index in [9.17, 15) is 4.79 Å². The van der Waals surface area contributed by atoms with E-state index in [0.29, 0.717) is 24.2 Å². The van der Waals surface area contributed by atoms with E-state index in [4.69, 9.17) is 5.26 Å². The normalized spacial score (nSPS) is 9.71. The molecule has 0 atom stereocenters. The molecule has 0 saturated heterocycles. The first-order valence-electron chi connectivity index (χ1n) is 5.37. The summed E-state index contributed by atoms with van der Waals surface area (Å²) in [6.07, 6.45) is 0.394. The van der Waals surface area contributed by atoms with Crippen LogP contribution in [0.3, 0.4) is 0 Å². The first-order valence-corrected chi connectivity index (χ1v) is 6.17. The van der Waals surface area contributed by atoms with Gasteiger partial charge in [-0.25, -0.2) is 0 Å². The molecule has 0 radical (unpaired) electrons. The molecule has 0 bridgehead atoms. The smallest absolute Gasteiger partial charge is 0.225 e. The van der Waals surface area contributed by atoms with Crippen LogP contribution in [0.25, 0.3) is 0 Å². The molecule has 0 aromatic heterocycles. The number of nitrogens with one attached hydrogen (secondary N) is 2. The number of rotatable bonds is 5. The van der Waals surface area contributed by atoms with Crippen LogP contribution < -0.4 is 10.6 Å². The maximum atomic E-state index is 11.6. The zero-order chi connectivity index (χ0) is 12.7. The molecule has 0 fully saturated rings. The van der Waals surface area contributed by atoms with Crippen LogP contribution in [0.5, 0.6) is 0 Å². The molecule has 0 aliphatic heterocycles. The van der Waals surface area contributed by atoms with Gasteiger partial charge in [0.1, 0.15) is 6.07 Å². The molecule has 1 amide bonds. The van der Waals surface area contributed by atoms with Gasteiger partial charge < -0.3 is 10.6 Å². The zero-order valence-electron chi connectivity index (χ0n) is 9.59. The number of carbonyl (C=O) groups is 1. The number of nitrogens with zero attached hydrogens (tertiary/aromatic N) is 1. The highest BCUT2D eigenvalue weighted by Crippen LogP contribution is 2.20. The summed E-state index contributed by atoms with van der Waals surface area (Å²) in [6, 6.07) is 7.21. The Hall–Kier alpha value is -1.38. The Morgan fingerprint density at radius 3 is 2.94 bits per heavy atom. The maximum Gasteiger partial charge on any atom is 0.225 e. The second-order valence-corrected chi connectivity index (χ2v) is 4.37. The van der Waals surface area contributed by atoms with Gasteiger partial charge in [-0.1, -0.05) is 22.9 Å². The number of hydrogen-bond acceptors (Lipinski definition) is 3. The van der Waals surface area contributed by atoms with Gasteiger partial charge in [0.2, 0.25) is 5.91 Å². The highest BCUT2D eigenvalue weighted by molar-refractivity contribution is 9.10. The maximum absolute atomic E-state index is 11.6. The van der Waals surface area contributed by atoms with Crippen LogP contribution >= 0.6 is 15.9 Å². The summed E-state index contributed by atoms with van der Waals surface area (Å²) >= 11 is 3.31. The molecule has 0 heterocycles. The van der Waals surface area contributed by atoms with Crippen molar-refractivity contribution < 1.29 is 4.79 Å². The van der Waals surface area contributed by atoms with E-state index in [-0.39, 0.29) is 5.91 Å². The van der Waals surface area contributed by atoms with Crippen LogP contribution in [0.15, 0.2) is 22.7 Å². The van der Waals surface area contributed by atoms with E-state index in [1.807, 2.05) is 13.0 Å². The minimum Gasteiger partial charge on any atom is -0.325 e. The molecule has 0 aliphatic carbocycles. The fourth-order valence-corrected chi connectivity index (χ4v) is 1.67. The van der Waals surface area contributed by atoms with Crippen LogP contribution in [0.2, 0.25) is 0 Å². The molecule has 0 aliphatic rings. The second kappa shape index (κ2) is 7.05. The van der Waals surface area contributed by atoms with Crippen molar-refractivity contribution in [1.29, 1.82) is 5.26 Å². The third-order valence-corrected chi connectivity index (χ3v) is 2.65. The van der Waals surface area contributed by atoms with Gasteiger partial charge in [0.15, 0.2) is 0 Å². The monoisotopic (exact) mass is 295 g/mol. The minimum absolute atomic E-state index is 0.0967. The lowest BCUT2D eigenvalue weighted by Gasteiger charge is -2.07. The van der Waals surface area contributed by atoms with E-state index in [1.165, 1.54) is 0 Å². The van der Waals surface area contributed by atoms with Gasteiger partial charge >= 0.3 is 0 Å². The van der Waals surface area contributed by atoms with E-state index >= 15 is 0 Å². The summed E-state index contributed by atoms with van der Waals surface area (Å²) < 4.78 is 0.832. The number of amides is 1. The summed E-state index contributed by atoms with van der Waals surface area (Å²) in [5.41, 5.74) is 1.01. The van der Waals surface area contributed by atoms with E-state index in [0.717, 1.165) is 11.0 Å². The highest BCUT2D eigenvalue weighted by atomic mass is 79.9. The van der Waals surface area contributed by atoms with Crippen LogP contribution in [-0.2, 0) is 4.79 Å². The molecule has 90 valence electrons. The fraction of sp³-hybridized carbons (Fsp3) is 0.333. The lowest BCUT2D eigenvalue weighted by Crippen LogP contribution is -2.21. The molecule has 2 N–H and O–H groups in total. The van der Waals surface area contributed by atoms with Gasteiger partial charge in [0.25, 0.3) is 0 Å². The van der Waals surface area contributed by atoms with Gasteiger partial charge in [-0.05, 0) is 24.7 Å². The van der Waals surface area contributed by atoms with E-state index in [1.54, 1.807) is 18.2 Å². The minimum atomic E-state index is -0.0967. The largest absolute Gasteiger partial charge is 0.325 e. The summed E-state index contributed by atoms with van der Waals surface area (Å²) in [4.78, 5) is 11.6. The SMILES string of the molecule is CCNCCC(=O)Nc1cc(Br)ccc1C#N. The van der Waals surface area contributed by atoms with Gasteiger partial charge in [-0.15, -0.1) is 0 Å². The Bertz CT molecular complexity index is 440. The fourth-order valence-electron chi connectivity index (χ4n) is 1.31. The van der Waals surface area contributed by atoms with Gasteiger partial charge in [0, 0.05) is 17.4 Å². The van der Waals surface area contributed by atoms with Crippen molar-refractivity contribution in [2.24, 2.45) is 0 Å². The van der Waals surface area contributed by atoms with Gasteiger partial charge in [-0.3, -0.25) is 4.79 Å². The van der Waals surface area contributed by atoms with Crippen molar-refractivity contribution in [3.05, 3.63) is 28.2 Å². The molecule has 17 heavy (non-hydrogen) atoms. The third kappa shape index (κ3) is 4.55. The number of hydrogen-bond donors (Lipinski definition) is 2. The Morgan fingerprint density at radius 1 is 1.53 bits per heavy atom. The van der Waals surface area contributed by atoms with Gasteiger partial charge in [0.05, 0.1) is 11.3 Å². The van der Waals surface area contributed by atoms with Crippen LogP contribution in [-0.4, -0.2) is 19.0 Å². The number of carbonyl (C=O) groups excluding carboxylic acids is 1. The lowest BCUT2D eigenvalue weighted by atomic mass is 10.2. The molecule has 1 aromatic carbocycles. The Morgan fingerprint density at radius 2 is 2.29 bits per heavy atom. The molecule has 4 nitrogen and oxygen atoms in total.